The molecule has 0 aliphatic rings. The number of carbonyl (C=O) groups excluding carboxylic acids is 1. The molecule has 0 bridgehead atoms. The first-order chi connectivity index (χ1) is 9.04. The van der Waals surface area contributed by atoms with Crippen molar-refractivity contribution in [1.82, 2.24) is 0 Å². The van der Waals surface area contributed by atoms with Gasteiger partial charge in [-0.25, -0.2) is 4.79 Å². The fourth-order valence-corrected chi connectivity index (χ4v) is 1.60. The summed E-state index contributed by atoms with van der Waals surface area (Å²) in [5.41, 5.74) is 1.23. The highest BCUT2D eigenvalue weighted by atomic mass is 16.5. The predicted molar refractivity (Wildman–Crippen MR) is 71.8 cm³/mol. The van der Waals surface area contributed by atoms with E-state index < -0.39 is 11.9 Å². The molecular weight excluding hydrogens is 246 g/mol. The molecule has 0 fully saturated rings. The van der Waals surface area contributed by atoms with Crippen LogP contribution in [0.2, 0.25) is 0 Å². The maximum absolute atomic E-state index is 11.4. The molecule has 102 valence electrons. The molecule has 0 saturated carbocycles. The number of carbonyl (C=O) groups is 2. The molecule has 0 spiro atoms. The van der Waals surface area contributed by atoms with Gasteiger partial charge in [0.05, 0.1) is 6.61 Å². The van der Waals surface area contributed by atoms with Gasteiger partial charge in [0.15, 0.2) is 0 Å². The first-order valence-corrected chi connectivity index (χ1v) is 5.94. The Morgan fingerprint density at radius 3 is 2.47 bits per heavy atom. The number of aliphatic carboxylic acids is 1. The lowest BCUT2D eigenvalue weighted by Crippen LogP contribution is -2.28. The molecular formula is C14H17NO4. The van der Waals surface area contributed by atoms with Crippen molar-refractivity contribution in [3.63, 3.8) is 0 Å². The third-order valence-electron chi connectivity index (χ3n) is 2.40. The number of esters is 1. The predicted octanol–water partition coefficient (Wildman–Crippen LogP) is 2.04. The van der Waals surface area contributed by atoms with Gasteiger partial charge in [-0.3, -0.25) is 4.79 Å². The van der Waals surface area contributed by atoms with E-state index in [0.29, 0.717) is 11.4 Å². The highest BCUT2D eigenvalue weighted by Gasteiger charge is 2.13. The summed E-state index contributed by atoms with van der Waals surface area (Å²) in [4.78, 5) is 23.9. The molecule has 0 saturated heterocycles. The molecule has 1 N–H and O–H groups in total. The van der Waals surface area contributed by atoms with E-state index in [4.69, 9.17) is 9.84 Å². The van der Waals surface area contributed by atoms with E-state index in [9.17, 15) is 9.59 Å². The Morgan fingerprint density at radius 1 is 1.32 bits per heavy atom. The molecule has 1 rings (SSSR count). The number of anilines is 1. The van der Waals surface area contributed by atoms with Crippen LogP contribution in [0.25, 0.3) is 0 Å². The highest BCUT2D eigenvalue weighted by molar-refractivity contribution is 5.84. The normalized spacial score (nSPS) is 10.9. The third kappa shape index (κ3) is 4.83. The van der Waals surface area contributed by atoms with E-state index in [1.54, 1.807) is 30.9 Å². The van der Waals surface area contributed by atoms with Gasteiger partial charge in [-0.2, -0.15) is 0 Å². The first kappa shape index (κ1) is 14.8. The van der Waals surface area contributed by atoms with Crippen LogP contribution in [-0.4, -0.2) is 30.2 Å². The smallest absolute Gasteiger partial charge is 0.332 e. The van der Waals surface area contributed by atoms with Gasteiger partial charge < -0.3 is 14.7 Å². The second kappa shape index (κ2) is 7.20. The Balaban J connectivity index is 2.97. The number of nitrogens with zero attached hydrogens (tertiary/aromatic N) is 1. The molecule has 0 aliphatic carbocycles. The van der Waals surface area contributed by atoms with Crippen molar-refractivity contribution >= 4 is 17.6 Å². The molecule has 5 heteroatoms. The monoisotopic (exact) mass is 263 g/mol. The van der Waals surface area contributed by atoms with Crippen LogP contribution in [0.4, 0.5) is 5.69 Å². The van der Waals surface area contributed by atoms with Gasteiger partial charge in [-0.05, 0) is 26.0 Å². The Bertz CT molecular complexity index is 468. The van der Waals surface area contributed by atoms with Crippen molar-refractivity contribution in [3.05, 3.63) is 42.1 Å². The Kier molecular flexibility index (Phi) is 5.60. The molecule has 0 unspecified atom stereocenters. The van der Waals surface area contributed by atoms with Gasteiger partial charge >= 0.3 is 11.9 Å². The lowest BCUT2D eigenvalue weighted by molar-refractivity contribution is -0.137. The minimum Gasteiger partial charge on any atom is -0.480 e. The second-order valence-electron chi connectivity index (χ2n) is 3.85. The molecule has 5 nitrogen and oxygen atoms in total. The molecule has 0 radical (unpaired) electrons. The number of benzene rings is 1. The summed E-state index contributed by atoms with van der Waals surface area (Å²) in [6.07, 6.45) is 1.29. The SMILES string of the molecule is CCOC(=O)C=C(C)N(CC(=O)O)c1ccccc1. The first-order valence-electron chi connectivity index (χ1n) is 5.94. The Labute approximate surface area is 112 Å². The van der Waals surface area contributed by atoms with Crippen molar-refractivity contribution in [1.29, 1.82) is 0 Å². The largest absolute Gasteiger partial charge is 0.480 e. The van der Waals surface area contributed by atoms with E-state index in [0.717, 1.165) is 0 Å². The number of para-hydroxylation sites is 1. The highest BCUT2D eigenvalue weighted by Crippen LogP contribution is 2.18. The number of carboxylic acids is 1. The Morgan fingerprint density at radius 2 is 1.95 bits per heavy atom. The topological polar surface area (TPSA) is 66.8 Å². The summed E-state index contributed by atoms with van der Waals surface area (Å²) < 4.78 is 4.81. The maximum Gasteiger partial charge on any atom is 0.332 e. The fraction of sp³-hybridized carbons (Fsp3) is 0.286. The van der Waals surface area contributed by atoms with Crippen molar-refractivity contribution in [2.75, 3.05) is 18.1 Å². The zero-order chi connectivity index (χ0) is 14.3. The van der Waals surface area contributed by atoms with Crippen LogP contribution in [0, 0.1) is 0 Å². The molecule has 1 aromatic rings. The summed E-state index contributed by atoms with van der Waals surface area (Å²) in [5, 5.41) is 8.95. The van der Waals surface area contributed by atoms with Crippen LogP contribution in [0.15, 0.2) is 42.1 Å². The molecule has 1 aromatic carbocycles. The number of allylic oxidation sites excluding steroid dienone is 1. The van der Waals surface area contributed by atoms with Crippen LogP contribution in [-0.2, 0) is 14.3 Å². The summed E-state index contributed by atoms with van der Waals surface area (Å²) in [7, 11) is 0. The van der Waals surface area contributed by atoms with Crippen LogP contribution in [0.5, 0.6) is 0 Å². The number of hydrogen-bond acceptors (Lipinski definition) is 4. The van der Waals surface area contributed by atoms with Crippen LogP contribution >= 0.6 is 0 Å². The summed E-state index contributed by atoms with van der Waals surface area (Å²) in [6, 6.07) is 9.02. The zero-order valence-corrected chi connectivity index (χ0v) is 11.0. The van der Waals surface area contributed by atoms with E-state index in [1.165, 1.54) is 6.08 Å². The molecule has 0 heterocycles. The maximum atomic E-state index is 11.4. The molecule has 0 aliphatic heterocycles. The summed E-state index contributed by atoms with van der Waals surface area (Å²) >= 11 is 0. The van der Waals surface area contributed by atoms with Crippen molar-refractivity contribution in [2.45, 2.75) is 13.8 Å². The van der Waals surface area contributed by atoms with Gasteiger partial charge in [-0.1, -0.05) is 18.2 Å². The molecule has 0 atom stereocenters. The lowest BCUT2D eigenvalue weighted by atomic mass is 10.2. The zero-order valence-electron chi connectivity index (χ0n) is 11.0. The van der Waals surface area contributed by atoms with Gasteiger partial charge in [0, 0.05) is 17.5 Å². The number of hydrogen-bond donors (Lipinski definition) is 1. The van der Waals surface area contributed by atoms with Gasteiger partial charge in [0.2, 0.25) is 0 Å². The van der Waals surface area contributed by atoms with E-state index in [-0.39, 0.29) is 13.2 Å². The number of carboxylic acid groups (broad SMARTS) is 1. The minimum absolute atomic E-state index is 0.217. The van der Waals surface area contributed by atoms with E-state index >= 15 is 0 Å². The third-order valence-corrected chi connectivity index (χ3v) is 2.40. The molecule has 19 heavy (non-hydrogen) atoms. The quantitative estimate of drug-likeness (QED) is 0.628. The van der Waals surface area contributed by atoms with Gasteiger partial charge in [0.25, 0.3) is 0 Å². The minimum atomic E-state index is -0.972. The van der Waals surface area contributed by atoms with Gasteiger partial charge in [0.1, 0.15) is 6.54 Å². The molecule has 0 aromatic heterocycles. The van der Waals surface area contributed by atoms with Crippen LogP contribution in [0.3, 0.4) is 0 Å². The van der Waals surface area contributed by atoms with Crippen molar-refractivity contribution in [2.24, 2.45) is 0 Å². The second-order valence-corrected chi connectivity index (χ2v) is 3.85. The van der Waals surface area contributed by atoms with Crippen LogP contribution < -0.4 is 4.90 Å². The Hall–Kier alpha value is -2.30. The standard InChI is InChI=1S/C14H17NO4/c1-3-19-14(18)9-11(2)15(10-13(16)17)12-7-5-4-6-8-12/h4-9H,3,10H2,1-2H3,(H,16,17). The fourth-order valence-electron chi connectivity index (χ4n) is 1.60. The molecule has 0 amide bonds. The number of ether oxygens (including phenoxy) is 1. The average Bonchev–Trinajstić information content (AvgIpc) is 2.37. The van der Waals surface area contributed by atoms with E-state index in [1.807, 2.05) is 18.2 Å². The van der Waals surface area contributed by atoms with Gasteiger partial charge in [-0.15, -0.1) is 0 Å². The van der Waals surface area contributed by atoms with Crippen LogP contribution in [0.1, 0.15) is 13.8 Å². The average molecular weight is 263 g/mol. The van der Waals surface area contributed by atoms with Crippen molar-refractivity contribution in [3.8, 4) is 0 Å². The lowest BCUT2D eigenvalue weighted by Gasteiger charge is -2.23. The van der Waals surface area contributed by atoms with E-state index in [2.05, 4.69) is 0 Å². The summed E-state index contributed by atoms with van der Waals surface area (Å²) in [5.74, 6) is -1.45. The summed E-state index contributed by atoms with van der Waals surface area (Å²) in [6.45, 7) is 3.46. The van der Waals surface area contributed by atoms with Crippen molar-refractivity contribution < 1.29 is 19.4 Å². The number of rotatable bonds is 6.